The summed E-state index contributed by atoms with van der Waals surface area (Å²) >= 11 is 0. The average molecular weight is 618 g/mol. The van der Waals surface area contributed by atoms with E-state index in [1.54, 1.807) is 35.2 Å². The van der Waals surface area contributed by atoms with Crippen molar-refractivity contribution in [3.8, 4) is 11.5 Å². The number of nitrogens with zero attached hydrogens (tertiary/aromatic N) is 8. The summed E-state index contributed by atoms with van der Waals surface area (Å²) in [4.78, 5) is 38.4. The molecule has 2 fully saturated rings. The molecule has 2 amide bonds. The van der Waals surface area contributed by atoms with Crippen LogP contribution < -0.4 is 5.32 Å². The van der Waals surface area contributed by atoms with Crippen LogP contribution in [-0.4, -0.2) is 84.1 Å². The summed E-state index contributed by atoms with van der Waals surface area (Å²) < 4.78 is 45.5. The Morgan fingerprint density at radius 3 is 2.49 bits per heavy atom. The van der Waals surface area contributed by atoms with Crippen LogP contribution in [0, 0.1) is 5.92 Å². The van der Waals surface area contributed by atoms with Gasteiger partial charge in [-0.3, -0.25) is 19.5 Å². The summed E-state index contributed by atoms with van der Waals surface area (Å²) in [5.41, 5.74) is 3.03. The summed E-state index contributed by atoms with van der Waals surface area (Å²) in [5, 5.41) is 14.0. The third-order valence-electron chi connectivity index (χ3n) is 7.88. The van der Waals surface area contributed by atoms with Crippen LogP contribution in [0.15, 0.2) is 71.3 Å². The highest BCUT2D eigenvalue weighted by atomic mass is 19.3. The fourth-order valence-corrected chi connectivity index (χ4v) is 5.41. The largest absolute Gasteiger partial charge is 0.436 e. The number of fused-ring (bicyclic) bond motifs is 1. The number of amides is 2. The number of hydrogen-bond acceptors (Lipinski definition) is 9. The average Bonchev–Trinajstić information content (AvgIpc) is 3.40. The minimum atomic E-state index is -2.90. The predicted molar refractivity (Wildman–Crippen MR) is 154 cm³/mol. The second kappa shape index (κ2) is 11.7. The number of piperazine rings is 1. The Labute approximate surface area is 253 Å². The van der Waals surface area contributed by atoms with Gasteiger partial charge in [0.25, 0.3) is 5.91 Å². The van der Waals surface area contributed by atoms with Crippen LogP contribution >= 0.6 is 0 Å². The first-order chi connectivity index (χ1) is 21.8. The van der Waals surface area contributed by atoms with E-state index in [2.05, 4.69) is 30.7 Å². The Balaban J connectivity index is 1.05. The molecule has 1 saturated heterocycles. The predicted octanol–water partition coefficient (Wildman–Crippen LogP) is 4.12. The van der Waals surface area contributed by atoms with Gasteiger partial charge in [0.2, 0.25) is 11.8 Å². The van der Waals surface area contributed by atoms with E-state index in [-0.39, 0.29) is 40.4 Å². The molecule has 1 saturated carbocycles. The molecule has 0 spiro atoms. The lowest BCUT2D eigenvalue weighted by molar-refractivity contribution is -0.117. The van der Waals surface area contributed by atoms with Crippen LogP contribution in [0.3, 0.4) is 0 Å². The first kappa shape index (κ1) is 28.6. The Morgan fingerprint density at radius 1 is 1.00 bits per heavy atom. The topological polar surface area (TPSA) is 135 Å². The van der Waals surface area contributed by atoms with Gasteiger partial charge >= 0.3 is 6.55 Å². The number of halogens is 3. The van der Waals surface area contributed by atoms with Gasteiger partial charge in [0, 0.05) is 49.7 Å². The fraction of sp³-hybridized carbons (Fsp3) is 0.300. The lowest BCUT2D eigenvalue weighted by atomic mass is 10.0. The second-order valence-electron chi connectivity index (χ2n) is 10.9. The zero-order chi connectivity index (χ0) is 31.1. The van der Waals surface area contributed by atoms with Crippen molar-refractivity contribution in [1.29, 1.82) is 0 Å². The van der Waals surface area contributed by atoms with E-state index in [9.17, 15) is 22.8 Å². The van der Waals surface area contributed by atoms with Crippen LogP contribution in [0.4, 0.5) is 18.9 Å². The number of alkyl halides is 3. The SMILES string of the molecule is O=C(Nc1ccc2nc(-c3ccnc(C(=O)N4CCN([C@H](c5ccccc5)c5nnn(C(F)F)n5)CC4)c3)oc2c1)C1C[C@@H]1F. The second-order valence-corrected chi connectivity index (χ2v) is 10.9. The highest BCUT2D eigenvalue weighted by Crippen LogP contribution is 2.35. The third kappa shape index (κ3) is 5.85. The lowest BCUT2D eigenvalue weighted by Gasteiger charge is -2.38. The number of aromatic nitrogens is 6. The summed E-state index contributed by atoms with van der Waals surface area (Å²) in [6.45, 7) is -1.31. The molecule has 3 atom stereocenters. The van der Waals surface area contributed by atoms with Gasteiger partial charge in [-0.05, 0) is 41.5 Å². The number of nitrogens with one attached hydrogen (secondary N) is 1. The highest BCUT2D eigenvalue weighted by molar-refractivity contribution is 5.96. The van der Waals surface area contributed by atoms with Crippen molar-refractivity contribution < 1.29 is 27.2 Å². The number of anilines is 1. The summed E-state index contributed by atoms with van der Waals surface area (Å²) in [7, 11) is 0. The molecule has 0 radical (unpaired) electrons. The molecule has 1 N–H and O–H groups in total. The summed E-state index contributed by atoms with van der Waals surface area (Å²) in [6.07, 6.45) is 0.648. The number of tetrazole rings is 1. The maximum Gasteiger partial charge on any atom is 0.350 e. The van der Waals surface area contributed by atoms with Gasteiger partial charge < -0.3 is 14.6 Å². The highest BCUT2D eigenvalue weighted by Gasteiger charge is 2.43. The molecule has 15 heteroatoms. The van der Waals surface area contributed by atoms with Gasteiger partial charge in [-0.25, -0.2) is 9.37 Å². The van der Waals surface area contributed by atoms with Gasteiger partial charge in [-0.15, -0.1) is 10.2 Å². The Kier molecular flexibility index (Phi) is 7.45. The standard InChI is InChI=1S/C30H26F3N9O3/c31-21-16-20(21)27(43)35-19-6-7-22-24(15-19)45-28(36-22)18-8-9-34-23(14-18)29(44)41-12-10-40(11-13-41)25(17-4-2-1-3-5-17)26-37-39-42(38-26)30(32)33/h1-9,14-15,20-21,25,30H,10-13,16H2,(H,35,43)/t20?,21-,25+/m0/s1. The molecule has 1 aliphatic heterocycles. The van der Waals surface area contributed by atoms with Crippen molar-refractivity contribution in [1.82, 2.24) is 40.0 Å². The van der Waals surface area contributed by atoms with E-state index in [1.807, 2.05) is 35.2 Å². The van der Waals surface area contributed by atoms with Crippen LogP contribution in [0.2, 0.25) is 0 Å². The normalized spacial score (nSPS) is 19.2. The van der Waals surface area contributed by atoms with Crippen molar-refractivity contribution in [2.24, 2.45) is 5.92 Å². The molecule has 4 heterocycles. The molecule has 5 aromatic rings. The van der Waals surface area contributed by atoms with Crippen molar-refractivity contribution in [3.05, 3.63) is 83.9 Å². The number of pyridine rings is 1. The molecule has 1 aliphatic carbocycles. The van der Waals surface area contributed by atoms with Crippen molar-refractivity contribution in [2.75, 3.05) is 31.5 Å². The summed E-state index contributed by atoms with van der Waals surface area (Å²) in [5.74, 6) is -0.831. The minimum Gasteiger partial charge on any atom is -0.436 e. The minimum absolute atomic E-state index is 0.153. The molecule has 3 aromatic heterocycles. The van der Waals surface area contributed by atoms with E-state index in [4.69, 9.17) is 4.42 Å². The Hall–Kier alpha value is -5.18. The number of carbonyl (C=O) groups excluding carboxylic acids is 2. The molecule has 230 valence electrons. The first-order valence-electron chi connectivity index (χ1n) is 14.3. The van der Waals surface area contributed by atoms with E-state index in [0.29, 0.717) is 48.5 Å². The number of oxazole rings is 1. The lowest BCUT2D eigenvalue weighted by Crippen LogP contribution is -2.50. The van der Waals surface area contributed by atoms with Crippen molar-refractivity contribution in [3.63, 3.8) is 0 Å². The Morgan fingerprint density at radius 2 is 1.78 bits per heavy atom. The quantitative estimate of drug-likeness (QED) is 0.273. The molecule has 0 bridgehead atoms. The first-order valence-corrected chi connectivity index (χ1v) is 14.3. The zero-order valence-electron chi connectivity index (χ0n) is 23.6. The van der Waals surface area contributed by atoms with Crippen LogP contribution in [0.1, 0.15) is 40.9 Å². The molecule has 1 unspecified atom stereocenters. The molecule has 12 nitrogen and oxygen atoms in total. The van der Waals surface area contributed by atoms with E-state index < -0.39 is 24.7 Å². The van der Waals surface area contributed by atoms with Crippen LogP contribution in [0.5, 0.6) is 0 Å². The van der Waals surface area contributed by atoms with Crippen LogP contribution in [0.25, 0.3) is 22.6 Å². The van der Waals surface area contributed by atoms with Gasteiger partial charge in [0.05, 0.1) is 12.0 Å². The number of hydrogen-bond donors (Lipinski definition) is 1. The van der Waals surface area contributed by atoms with Gasteiger partial charge in [0.1, 0.15) is 17.4 Å². The number of rotatable bonds is 8. The summed E-state index contributed by atoms with van der Waals surface area (Å²) in [6, 6.07) is 17.1. The molecule has 2 aromatic carbocycles. The Bertz CT molecular complexity index is 1860. The molecular formula is C30H26F3N9O3. The van der Waals surface area contributed by atoms with Gasteiger partial charge in [0.15, 0.2) is 11.4 Å². The maximum atomic E-state index is 13.5. The van der Waals surface area contributed by atoms with E-state index in [1.165, 1.54) is 6.20 Å². The van der Waals surface area contributed by atoms with E-state index >= 15 is 0 Å². The molecule has 7 rings (SSSR count). The number of benzene rings is 2. The van der Waals surface area contributed by atoms with E-state index in [0.717, 1.165) is 5.56 Å². The maximum absolute atomic E-state index is 13.5. The van der Waals surface area contributed by atoms with Crippen molar-refractivity contribution >= 4 is 28.6 Å². The van der Waals surface area contributed by atoms with Gasteiger partial charge in [-0.2, -0.15) is 8.78 Å². The molecular weight excluding hydrogens is 591 g/mol. The fourth-order valence-electron chi connectivity index (χ4n) is 5.41. The third-order valence-corrected chi connectivity index (χ3v) is 7.88. The number of carbonyl (C=O) groups is 2. The molecule has 45 heavy (non-hydrogen) atoms. The van der Waals surface area contributed by atoms with Crippen molar-refractivity contribution in [2.45, 2.75) is 25.2 Å². The van der Waals surface area contributed by atoms with Gasteiger partial charge in [-0.1, -0.05) is 35.1 Å². The smallest absolute Gasteiger partial charge is 0.350 e. The molecule has 2 aliphatic rings. The van der Waals surface area contributed by atoms with Crippen LogP contribution in [-0.2, 0) is 4.79 Å². The zero-order valence-corrected chi connectivity index (χ0v) is 23.6. The monoisotopic (exact) mass is 617 g/mol.